The first-order chi connectivity index (χ1) is 18.5. The Kier molecular flexibility index (Phi) is 10.8. The van der Waals surface area contributed by atoms with Crippen LogP contribution < -0.4 is 9.62 Å². The van der Waals surface area contributed by atoms with Gasteiger partial charge in [0.2, 0.25) is 11.8 Å². The Balaban J connectivity index is 2.00. The predicted molar refractivity (Wildman–Crippen MR) is 157 cm³/mol. The number of para-hydroxylation sites is 1. The molecule has 0 aliphatic carbocycles. The van der Waals surface area contributed by atoms with E-state index in [1.807, 2.05) is 13.8 Å². The molecule has 1 atom stereocenters. The Morgan fingerprint density at radius 1 is 0.949 bits per heavy atom. The topological polar surface area (TPSA) is 86.8 Å². The highest BCUT2D eigenvalue weighted by Gasteiger charge is 2.33. The zero-order valence-electron chi connectivity index (χ0n) is 22.2. The standard InChI is InChI=1S/C29H33Cl2N3O4S/c1-4-5-18-32-29(36)22(3)33(19-23-12-14-24(30)15-13-23)28(35)20-34(27-9-7-6-8-26(27)31)39(37,38)25-16-10-21(2)11-17-25/h6-17,22H,4-5,18-20H2,1-3H3,(H,32,36)/t22-/m1/s1. The fraction of sp³-hybridized carbons (Fsp3) is 0.310. The zero-order chi connectivity index (χ0) is 28.6. The highest BCUT2D eigenvalue weighted by atomic mass is 35.5. The fourth-order valence-electron chi connectivity index (χ4n) is 3.91. The molecule has 0 spiro atoms. The molecule has 0 saturated carbocycles. The van der Waals surface area contributed by atoms with Crippen molar-refractivity contribution in [3.05, 3.63) is 94.0 Å². The molecule has 3 aromatic carbocycles. The number of hydrogen-bond acceptors (Lipinski definition) is 4. The van der Waals surface area contributed by atoms with Crippen LogP contribution in [0.4, 0.5) is 5.69 Å². The third-order valence-electron chi connectivity index (χ3n) is 6.27. The van der Waals surface area contributed by atoms with E-state index < -0.39 is 28.5 Å². The number of nitrogens with one attached hydrogen (secondary N) is 1. The highest BCUT2D eigenvalue weighted by molar-refractivity contribution is 7.92. The third-order valence-corrected chi connectivity index (χ3v) is 8.62. The van der Waals surface area contributed by atoms with E-state index in [0.29, 0.717) is 11.6 Å². The summed E-state index contributed by atoms with van der Waals surface area (Å²) in [5, 5.41) is 3.58. The maximum Gasteiger partial charge on any atom is 0.264 e. The summed E-state index contributed by atoms with van der Waals surface area (Å²) < 4.78 is 28.7. The van der Waals surface area contributed by atoms with E-state index in [1.165, 1.54) is 17.0 Å². The molecule has 39 heavy (non-hydrogen) atoms. The van der Waals surface area contributed by atoms with Gasteiger partial charge in [-0.25, -0.2) is 8.42 Å². The number of unbranched alkanes of at least 4 members (excludes halogenated alkanes) is 1. The smallest absolute Gasteiger partial charge is 0.264 e. The number of nitrogens with zero attached hydrogens (tertiary/aromatic N) is 2. The molecule has 0 fully saturated rings. The van der Waals surface area contributed by atoms with Gasteiger partial charge in [0.05, 0.1) is 15.6 Å². The van der Waals surface area contributed by atoms with E-state index in [1.54, 1.807) is 67.6 Å². The first-order valence-corrected chi connectivity index (χ1v) is 14.9. The Morgan fingerprint density at radius 3 is 2.21 bits per heavy atom. The van der Waals surface area contributed by atoms with Gasteiger partial charge in [0.1, 0.15) is 12.6 Å². The summed E-state index contributed by atoms with van der Waals surface area (Å²) >= 11 is 12.5. The summed E-state index contributed by atoms with van der Waals surface area (Å²) in [7, 11) is -4.18. The van der Waals surface area contributed by atoms with Crippen molar-refractivity contribution in [2.45, 2.75) is 51.1 Å². The van der Waals surface area contributed by atoms with Crippen LogP contribution in [0.15, 0.2) is 77.7 Å². The SMILES string of the molecule is CCCCNC(=O)[C@@H](C)N(Cc1ccc(Cl)cc1)C(=O)CN(c1ccccc1Cl)S(=O)(=O)c1ccc(C)cc1. The van der Waals surface area contributed by atoms with Crippen LogP contribution in [0, 0.1) is 6.92 Å². The molecular weight excluding hydrogens is 557 g/mol. The molecule has 208 valence electrons. The first kappa shape index (κ1) is 30.5. The normalized spacial score (nSPS) is 12.0. The molecule has 0 bridgehead atoms. The number of amides is 2. The van der Waals surface area contributed by atoms with Crippen molar-refractivity contribution in [1.29, 1.82) is 0 Å². The summed E-state index contributed by atoms with van der Waals surface area (Å²) in [5.41, 5.74) is 1.80. The maximum absolute atomic E-state index is 13.9. The number of rotatable bonds is 12. The minimum atomic E-state index is -4.18. The lowest BCUT2D eigenvalue weighted by molar-refractivity contribution is -0.139. The van der Waals surface area contributed by atoms with Crippen molar-refractivity contribution in [1.82, 2.24) is 10.2 Å². The highest BCUT2D eigenvalue weighted by Crippen LogP contribution is 2.31. The Hall–Kier alpha value is -3.07. The van der Waals surface area contributed by atoms with Crippen molar-refractivity contribution >= 4 is 50.7 Å². The fourth-order valence-corrected chi connectivity index (χ4v) is 5.76. The maximum atomic E-state index is 13.9. The molecule has 7 nitrogen and oxygen atoms in total. The number of aryl methyl sites for hydroxylation is 1. The average Bonchev–Trinajstić information content (AvgIpc) is 2.91. The number of hydrogen-bond donors (Lipinski definition) is 1. The van der Waals surface area contributed by atoms with Gasteiger partial charge in [-0.05, 0) is 62.2 Å². The number of sulfonamides is 1. The van der Waals surface area contributed by atoms with Crippen LogP contribution in [-0.2, 0) is 26.2 Å². The largest absolute Gasteiger partial charge is 0.354 e. The molecular formula is C29H33Cl2N3O4S. The van der Waals surface area contributed by atoms with Crippen molar-refractivity contribution in [3.63, 3.8) is 0 Å². The van der Waals surface area contributed by atoms with Gasteiger partial charge in [-0.15, -0.1) is 0 Å². The molecule has 10 heteroatoms. The monoisotopic (exact) mass is 589 g/mol. The van der Waals surface area contributed by atoms with Gasteiger partial charge in [-0.2, -0.15) is 0 Å². The Labute approximate surface area is 240 Å². The van der Waals surface area contributed by atoms with Gasteiger partial charge < -0.3 is 10.2 Å². The van der Waals surface area contributed by atoms with Gasteiger partial charge in [-0.1, -0.05) is 78.5 Å². The molecule has 0 aromatic heterocycles. The van der Waals surface area contributed by atoms with E-state index in [-0.39, 0.29) is 28.1 Å². The molecule has 0 heterocycles. The molecule has 0 saturated heterocycles. The van der Waals surface area contributed by atoms with Crippen LogP contribution in [0.3, 0.4) is 0 Å². The quantitative estimate of drug-likeness (QED) is 0.269. The van der Waals surface area contributed by atoms with Gasteiger partial charge in [0, 0.05) is 18.1 Å². The third kappa shape index (κ3) is 7.97. The number of halogens is 2. The molecule has 0 aliphatic rings. The minimum absolute atomic E-state index is 0.0235. The molecule has 2 amide bonds. The Bertz CT molecular complexity index is 1380. The number of carbonyl (C=O) groups is 2. The van der Waals surface area contributed by atoms with Crippen molar-refractivity contribution in [2.24, 2.45) is 0 Å². The van der Waals surface area contributed by atoms with E-state index in [2.05, 4.69) is 5.32 Å². The summed E-state index contributed by atoms with van der Waals surface area (Å²) in [6.07, 6.45) is 1.71. The van der Waals surface area contributed by atoms with Gasteiger partial charge >= 0.3 is 0 Å². The van der Waals surface area contributed by atoms with Crippen LogP contribution in [0.25, 0.3) is 0 Å². The van der Waals surface area contributed by atoms with Crippen LogP contribution >= 0.6 is 23.2 Å². The number of anilines is 1. The van der Waals surface area contributed by atoms with Gasteiger partial charge in [0.25, 0.3) is 10.0 Å². The van der Waals surface area contributed by atoms with E-state index >= 15 is 0 Å². The van der Waals surface area contributed by atoms with Crippen molar-refractivity contribution < 1.29 is 18.0 Å². The van der Waals surface area contributed by atoms with E-state index in [4.69, 9.17) is 23.2 Å². The lowest BCUT2D eigenvalue weighted by Crippen LogP contribution is -2.51. The molecule has 0 radical (unpaired) electrons. The van der Waals surface area contributed by atoms with Crippen LogP contribution in [0.5, 0.6) is 0 Å². The second-order valence-corrected chi connectivity index (χ2v) is 12.0. The van der Waals surface area contributed by atoms with Gasteiger partial charge in [-0.3, -0.25) is 13.9 Å². The predicted octanol–water partition coefficient (Wildman–Crippen LogP) is 5.83. The van der Waals surface area contributed by atoms with Crippen LogP contribution in [-0.4, -0.2) is 44.3 Å². The lowest BCUT2D eigenvalue weighted by Gasteiger charge is -2.32. The lowest BCUT2D eigenvalue weighted by atomic mass is 10.1. The second-order valence-electron chi connectivity index (χ2n) is 9.24. The van der Waals surface area contributed by atoms with Crippen LogP contribution in [0.2, 0.25) is 10.0 Å². The summed E-state index contributed by atoms with van der Waals surface area (Å²) in [4.78, 5) is 28.3. The van der Waals surface area contributed by atoms with E-state index in [9.17, 15) is 18.0 Å². The van der Waals surface area contributed by atoms with Crippen molar-refractivity contribution in [2.75, 3.05) is 17.4 Å². The second kappa shape index (κ2) is 13.8. The van der Waals surface area contributed by atoms with E-state index in [0.717, 1.165) is 28.3 Å². The zero-order valence-corrected chi connectivity index (χ0v) is 24.6. The summed E-state index contributed by atoms with van der Waals surface area (Å²) in [6.45, 7) is 5.51. The minimum Gasteiger partial charge on any atom is -0.354 e. The summed E-state index contributed by atoms with van der Waals surface area (Å²) in [6, 6.07) is 18.9. The number of benzene rings is 3. The first-order valence-electron chi connectivity index (χ1n) is 12.7. The van der Waals surface area contributed by atoms with Gasteiger partial charge in [0.15, 0.2) is 0 Å². The summed E-state index contributed by atoms with van der Waals surface area (Å²) in [5.74, 6) is -0.879. The molecule has 3 aromatic rings. The molecule has 0 aliphatic heterocycles. The Morgan fingerprint density at radius 2 is 1.59 bits per heavy atom. The molecule has 1 N–H and O–H groups in total. The molecule has 0 unspecified atom stereocenters. The average molecular weight is 591 g/mol. The molecule has 3 rings (SSSR count). The van der Waals surface area contributed by atoms with Crippen LogP contribution in [0.1, 0.15) is 37.8 Å². The number of carbonyl (C=O) groups excluding carboxylic acids is 2. The van der Waals surface area contributed by atoms with Crippen molar-refractivity contribution in [3.8, 4) is 0 Å².